The first-order chi connectivity index (χ1) is 8.13. The third kappa shape index (κ3) is 5.19. The maximum Gasteiger partial charge on any atom is 0.124 e. The van der Waals surface area contributed by atoms with Crippen LogP contribution in [0.4, 0.5) is 4.39 Å². The van der Waals surface area contributed by atoms with Crippen LogP contribution in [-0.4, -0.2) is 25.3 Å². The van der Waals surface area contributed by atoms with Crippen molar-refractivity contribution in [3.8, 4) is 0 Å². The first-order valence-electron chi connectivity index (χ1n) is 5.34. The van der Waals surface area contributed by atoms with Crippen LogP contribution in [0.25, 0.3) is 0 Å². The van der Waals surface area contributed by atoms with Gasteiger partial charge in [-0.3, -0.25) is 5.41 Å². The zero-order valence-electron chi connectivity index (χ0n) is 9.83. The molecule has 0 aliphatic heterocycles. The third-order valence-corrected chi connectivity index (χ3v) is 3.29. The van der Waals surface area contributed by atoms with Gasteiger partial charge < -0.3 is 10.5 Å². The monoisotopic (exact) mass is 256 g/mol. The average Bonchev–Trinajstić information content (AvgIpc) is 2.28. The Morgan fingerprint density at radius 3 is 2.88 bits per heavy atom. The molecule has 1 aromatic rings. The molecule has 0 fully saturated rings. The quantitative estimate of drug-likeness (QED) is 0.447. The number of nitrogens with one attached hydrogen (secondary N) is 1. The Kier molecular flexibility index (Phi) is 6.00. The van der Waals surface area contributed by atoms with Crippen LogP contribution in [-0.2, 0) is 10.5 Å². The number of hydrogen-bond donors (Lipinski definition) is 2. The van der Waals surface area contributed by atoms with E-state index in [9.17, 15) is 4.39 Å². The summed E-state index contributed by atoms with van der Waals surface area (Å²) in [5, 5.41) is 7.28. The lowest BCUT2D eigenvalue weighted by molar-refractivity contribution is 0.200. The van der Waals surface area contributed by atoms with E-state index in [1.807, 2.05) is 0 Å². The molecule has 1 aromatic carbocycles. The van der Waals surface area contributed by atoms with Gasteiger partial charge in [-0.15, -0.1) is 0 Å². The summed E-state index contributed by atoms with van der Waals surface area (Å²) in [6.45, 7) is 0.745. The summed E-state index contributed by atoms with van der Waals surface area (Å²) in [6.07, 6.45) is 0.982. The molecular formula is C12H17FN2OS. The number of rotatable bonds is 7. The van der Waals surface area contributed by atoms with Gasteiger partial charge in [0.2, 0.25) is 0 Å². The molecule has 0 saturated heterocycles. The number of halogens is 1. The van der Waals surface area contributed by atoms with Gasteiger partial charge in [0.15, 0.2) is 0 Å². The van der Waals surface area contributed by atoms with Gasteiger partial charge in [0.25, 0.3) is 0 Å². The summed E-state index contributed by atoms with van der Waals surface area (Å²) in [4.78, 5) is 0. The molecule has 3 nitrogen and oxygen atoms in total. The lowest BCUT2D eigenvalue weighted by Crippen LogP contribution is -2.11. The van der Waals surface area contributed by atoms with Crippen molar-refractivity contribution >= 4 is 17.6 Å². The number of hydrogen-bond acceptors (Lipinski definition) is 3. The lowest BCUT2D eigenvalue weighted by Gasteiger charge is -2.05. The highest BCUT2D eigenvalue weighted by atomic mass is 32.2. The minimum Gasteiger partial charge on any atom is -0.385 e. The van der Waals surface area contributed by atoms with Gasteiger partial charge in [-0.2, -0.15) is 11.8 Å². The Labute approximate surface area is 105 Å². The summed E-state index contributed by atoms with van der Waals surface area (Å²) < 4.78 is 18.2. The Morgan fingerprint density at radius 2 is 2.24 bits per heavy atom. The van der Waals surface area contributed by atoms with Gasteiger partial charge in [-0.05, 0) is 35.9 Å². The van der Waals surface area contributed by atoms with Gasteiger partial charge in [-0.1, -0.05) is 0 Å². The molecule has 0 bridgehead atoms. The molecule has 0 unspecified atom stereocenters. The van der Waals surface area contributed by atoms with E-state index in [-0.39, 0.29) is 11.7 Å². The molecule has 1 rings (SSSR count). The Balaban J connectivity index is 2.50. The minimum atomic E-state index is -0.342. The zero-order valence-corrected chi connectivity index (χ0v) is 10.6. The second-order valence-electron chi connectivity index (χ2n) is 3.66. The number of methoxy groups -OCH3 is 1. The SMILES string of the molecule is COCCCSCc1cc(F)cc(C(=N)N)c1. The minimum absolute atomic E-state index is 0.102. The molecule has 94 valence electrons. The second kappa shape index (κ2) is 7.29. The summed E-state index contributed by atoms with van der Waals surface area (Å²) >= 11 is 1.72. The molecule has 0 heterocycles. The van der Waals surface area contributed by atoms with Crippen LogP contribution < -0.4 is 5.73 Å². The largest absolute Gasteiger partial charge is 0.385 e. The fourth-order valence-electron chi connectivity index (χ4n) is 1.38. The molecule has 3 N–H and O–H groups in total. The second-order valence-corrected chi connectivity index (χ2v) is 4.77. The fraction of sp³-hybridized carbons (Fsp3) is 0.417. The van der Waals surface area contributed by atoms with Crippen molar-refractivity contribution in [1.82, 2.24) is 0 Å². The normalized spacial score (nSPS) is 10.5. The smallest absolute Gasteiger partial charge is 0.124 e. The van der Waals surface area contributed by atoms with Crippen molar-refractivity contribution in [2.75, 3.05) is 19.5 Å². The number of ether oxygens (including phenoxy) is 1. The molecule has 0 aromatic heterocycles. The lowest BCUT2D eigenvalue weighted by atomic mass is 10.1. The van der Waals surface area contributed by atoms with Gasteiger partial charge in [0, 0.05) is 25.0 Å². The number of benzene rings is 1. The van der Waals surface area contributed by atoms with E-state index < -0.39 is 0 Å². The molecule has 0 radical (unpaired) electrons. The van der Waals surface area contributed by atoms with Crippen LogP contribution in [0.1, 0.15) is 17.5 Å². The van der Waals surface area contributed by atoms with Crippen LogP contribution in [0.5, 0.6) is 0 Å². The van der Waals surface area contributed by atoms with E-state index in [1.165, 1.54) is 12.1 Å². The van der Waals surface area contributed by atoms with Crippen molar-refractivity contribution in [3.05, 3.63) is 35.1 Å². The average molecular weight is 256 g/mol. The van der Waals surface area contributed by atoms with Crippen LogP contribution in [0.2, 0.25) is 0 Å². The molecule has 5 heteroatoms. The van der Waals surface area contributed by atoms with Gasteiger partial charge in [-0.25, -0.2) is 4.39 Å². The van der Waals surface area contributed by atoms with E-state index in [2.05, 4.69) is 0 Å². The predicted octanol–water partition coefficient (Wildman–Crippen LogP) is 2.38. The number of thioether (sulfide) groups is 1. The summed E-state index contributed by atoms with van der Waals surface area (Å²) in [7, 11) is 1.68. The maximum absolute atomic E-state index is 13.2. The molecule has 0 saturated carbocycles. The van der Waals surface area contributed by atoms with Crippen molar-refractivity contribution in [2.45, 2.75) is 12.2 Å². The number of nitrogens with two attached hydrogens (primary N) is 1. The van der Waals surface area contributed by atoms with Crippen molar-refractivity contribution in [2.24, 2.45) is 5.73 Å². The van der Waals surface area contributed by atoms with Gasteiger partial charge in [0.05, 0.1) is 0 Å². The molecule has 17 heavy (non-hydrogen) atoms. The highest BCUT2D eigenvalue weighted by Crippen LogP contribution is 2.16. The molecule has 0 atom stereocenters. The van der Waals surface area contributed by atoms with Crippen molar-refractivity contribution in [1.29, 1.82) is 5.41 Å². The highest BCUT2D eigenvalue weighted by Gasteiger charge is 2.03. The van der Waals surface area contributed by atoms with Gasteiger partial charge >= 0.3 is 0 Å². The third-order valence-electron chi connectivity index (χ3n) is 2.17. The maximum atomic E-state index is 13.2. The molecule has 0 aliphatic carbocycles. The van der Waals surface area contributed by atoms with E-state index in [1.54, 1.807) is 24.9 Å². The first-order valence-corrected chi connectivity index (χ1v) is 6.49. The first kappa shape index (κ1) is 14.0. The van der Waals surface area contributed by atoms with E-state index in [0.29, 0.717) is 5.56 Å². The van der Waals surface area contributed by atoms with Crippen LogP contribution in [0, 0.1) is 11.2 Å². The standard InChI is InChI=1S/C12H17FN2OS/c1-16-3-2-4-17-8-9-5-10(12(14)15)7-11(13)6-9/h5-7H,2-4,8H2,1H3,(H3,14,15). The summed E-state index contributed by atoms with van der Waals surface area (Å²) in [6, 6.07) is 4.52. The zero-order chi connectivity index (χ0) is 12.7. The fourth-order valence-corrected chi connectivity index (χ4v) is 2.25. The highest BCUT2D eigenvalue weighted by molar-refractivity contribution is 7.98. The Bertz CT molecular complexity index is 385. The van der Waals surface area contributed by atoms with Crippen molar-refractivity contribution < 1.29 is 9.13 Å². The van der Waals surface area contributed by atoms with Crippen LogP contribution >= 0.6 is 11.8 Å². The predicted molar refractivity (Wildman–Crippen MR) is 70.1 cm³/mol. The summed E-state index contributed by atoms with van der Waals surface area (Å²) in [5.74, 6) is 1.25. The Hall–Kier alpha value is -1.07. The van der Waals surface area contributed by atoms with Gasteiger partial charge in [0.1, 0.15) is 11.7 Å². The van der Waals surface area contributed by atoms with Crippen molar-refractivity contribution in [3.63, 3.8) is 0 Å². The number of amidine groups is 1. The van der Waals surface area contributed by atoms with Crippen LogP contribution in [0.3, 0.4) is 0 Å². The van der Waals surface area contributed by atoms with E-state index in [4.69, 9.17) is 15.9 Å². The summed E-state index contributed by atoms with van der Waals surface area (Å²) in [5.41, 5.74) is 6.64. The number of nitrogen functional groups attached to an aromatic ring is 1. The van der Waals surface area contributed by atoms with E-state index in [0.717, 1.165) is 30.1 Å². The van der Waals surface area contributed by atoms with E-state index >= 15 is 0 Å². The molecule has 0 aliphatic rings. The molecular weight excluding hydrogens is 239 g/mol. The molecule has 0 amide bonds. The molecule has 0 spiro atoms. The Morgan fingerprint density at radius 1 is 1.47 bits per heavy atom. The topological polar surface area (TPSA) is 59.1 Å². The van der Waals surface area contributed by atoms with Crippen LogP contribution in [0.15, 0.2) is 18.2 Å².